The van der Waals surface area contributed by atoms with Crippen molar-refractivity contribution in [2.75, 3.05) is 13.1 Å². The van der Waals surface area contributed by atoms with Crippen LogP contribution in [0.2, 0.25) is 0 Å². The standard InChI is InChI=1S/C18H36N2/c1-4-5-6-7-8-9-10-11-12-13-14-18-19-15-16-20(18)17(2)3/h17H,4-16H2,1-3H3. The molecule has 0 radical (unpaired) electrons. The third-order valence-corrected chi connectivity index (χ3v) is 4.34. The van der Waals surface area contributed by atoms with E-state index in [1.807, 2.05) is 0 Å². The van der Waals surface area contributed by atoms with Crippen LogP contribution in [0.4, 0.5) is 0 Å². The molecule has 1 rings (SSSR count). The van der Waals surface area contributed by atoms with E-state index in [4.69, 9.17) is 0 Å². The Balaban J connectivity index is 1.90. The largest absolute Gasteiger partial charge is 0.356 e. The van der Waals surface area contributed by atoms with E-state index in [2.05, 4.69) is 30.7 Å². The molecular weight excluding hydrogens is 244 g/mol. The van der Waals surface area contributed by atoms with E-state index in [1.165, 1.54) is 76.5 Å². The molecule has 2 nitrogen and oxygen atoms in total. The van der Waals surface area contributed by atoms with Gasteiger partial charge in [-0.2, -0.15) is 0 Å². The van der Waals surface area contributed by atoms with Crippen molar-refractivity contribution < 1.29 is 0 Å². The molecule has 0 saturated heterocycles. The third-order valence-electron chi connectivity index (χ3n) is 4.34. The number of nitrogens with zero attached hydrogens (tertiary/aromatic N) is 2. The lowest BCUT2D eigenvalue weighted by atomic mass is 10.1. The summed E-state index contributed by atoms with van der Waals surface area (Å²) in [5.41, 5.74) is 0. The van der Waals surface area contributed by atoms with Crippen molar-refractivity contribution in [2.24, 2.45) is 4.99 Å². The summed E-state index contributed by atoms with van der Waals surface area (Å²) in [5, 5.41) is 0. The number of hydrogen-bond acceptors (Lipinski definition) is 2. The number of hydrogen-bond donors (Lipinski definition) is 0. The maximum atomic E-state index is 4.66. The van der Waals surface area contributed by atoms with Crippen LogP contribution in [0.1, 0.15) is 91.4 Å². The molecule has 1 heterocycles. The van der Waals surface area contributed by atoms with E-state index >= 15 is 0 Å². The maximum absolute atomic E-state index is 4.66. The molecule has 0 fully saturated rings. The molecule has 20 heavy (non-hydrogen) atoms. The maximum Gasteiger partial charge on any atom is 0.0992 e. The molecule has 0 atom stereocenters. The van der Waals surface area contributed by atoms with Crippen molar-refractivity contribution in [2.45, 2.75) is 97.4 Å². The molecule has 0 bridgehead atoms. The van der Waals surface area contributed by atoms with E-state index in [9.17, 15) is 0 Å². The first-order valence-electron chi connectivity index (χ1n) is 9.05. The molecule has 0 unspecified atom stereocenters. The van der Waals surface area contributed by atoms with Crippen LogP contribution in [-0.2, 0) is 0 Å². The van der Waals surface area contributed by atoms with Gasteiger partial charge in [-0.05, 0) is 20.3 Å². The highest BCUT2D eigenvalue weighted by Gasteiger charge is 2.18. The van der Waals surface area contributed by atoms with Gasteiger partial charge in [0, 0.05) is 19.0 Å². The Labute approximate surface area is 127 Å². The second kappa shape index (κ2) is 11.2. The Hall–Kier alpha value is -0.530. The SMILES string of the molecule is CCCCCCCCCCCCC1=NCCN1C(C)C. The van der Waals surface area contributed by atoms with Crippen molar-refractivity contribution in [3.05, 3.63) is 0 Å². The molecule has 0 aromatic rings. The predicted octanol–water partition coefficient (Wildman–Crippen LogP) is 5.42. The quantitative estimate of drug-likeness (QED) is 0.436. The van der Waals surface area contributed by atoms with E-state index in [-0.39, 0.29) is 0 Å². The molecule has 0 amide bonds. The van der Waals surface area contributed by atoms with Gasteiger partial charge in [0.2, 0.25) is 0 Å². The highest BCUT2D eigenvalue weighted by molar-refractivity contribution is 5.83. The van der Waals surface area contributed by atoms with Crippen LogP contribution < -0.4 is 0 Å². The zero-order valence-corrected chi connectivity index (χ0v) is 14.2. The minimum absolute atomic E-state index is 0.624. The van der Waals surface area contributed by atoms with Gasteiger partial charge in [0.1, 0.15) is 0 Å². The van der Waals surface area contributed by atoms with Gasteiger partial charge in [-0.15, -0.1) is 0 Å². The number of aliphatic imine (C=N–C) groups is 1. The van der Waals surface area contributed by atoms with E-state index in [0.29, 0.717) is 6.04 Å². The molecule has 1 aliphatic heterocycles. The average molecular weight is 280 g/mol. The molecule has 0 aliphatic carbocycles. The predicted molar refractivity (Wildman–Crippen MR) is 90.6 cm³/mol. The van der Waals surface area contributed by atoms with Gasteiger partial charge >= 0.3 is 0 Å². The zero-order chi connectivity index (χ0) is 14.6. The highest BCUT2D eigenvalue weighted by atomic mass is 15.2. The molecule has 0 saturated carbocycles. The smallest absolute Gasteiger partial charge is 0.0992 e. The Morgan fingerprint density at radius 3 is 2.00 bits per heavy atom. The van der Waals surface area contributed by atoms with Crippen LogP contribution in [0.25, 0.3) is 0 Å². The zero-order valence-electron chi connectivity index (χ0n) is 14.2. The van der Waals surface area contributed by atoms with Gasteiger partial charge in [-0.1, -0.05) is 64.7 Å². The molecule has 0 spiro atoms. The average Bonchev–Trinajstić information content (AvgIpc) is 2.89. The van der Waals surface area contributed by atoms with Crippen LogP contribution in [0.15, 0.2) is 4.99 Å². The van der Waals surface area contributed by atoms with Crippen LogP contribution in [-0.4, -0.2) is 29.9 Å². The van der Waals surface area contributed by atoms with Crippen molar-refractivity contribution >= 4 is 5.84 Å². The topological polar surface area (TPSA) is 15.6 Å². The summed E-state index contributed by atoms with van der Waals surface area (Å²) in [6.45, 7) is 9.00. The van der Waals surface area contributed by atoms with Crippen molar-refractivity contribution in [3.63, 3.8) is 0 Å². The van der Waals surface area contributed by atoms with Gasteiger partial charge in [0.25, 0.3) is 0 Å². The summed E-state index contributed by atoms with van der Waals surface area (Å²) >= 11 is 0. The molecule has 118 valence electrons. The second-order valence-corrected chi connectivity index (χ2v) is 6.52. The van der Waals surface area contributed by atoms with Crippen LogP contribution >= 0.6 is 0 Å². The molecular formula is C18H36N2. The first kappa shape index (κ1) is 17.5. The Bertz CT molecular complexity index is 258. The van der Waals surface area contributed by atoms with Crippen LogP contribution in [0.3, 0.4) is 0 Å². The number of unbranched alkanes of at least 4 members (excludes halogenated alkanes) is 9. The fourth-order valence-corrected chi connectivity index (χ4v) is 3.06. The molecule has 1 aliphatic rings. The van der Waals surface area contributed by atoms with Crippen LogP contribution in [0, 0.1) is 0 Å². The molecule has 0 aromatic carbocycles. The van der Waals surface area contributed by atoms with Crippen molar-refractivity contribution in [1.82, 2.24) is 4.90 Å². The van der Waals surface area contributed by atoms with Gasteiger partial charge in [0.15, 0.2) is 0 Å². The summed E-state index contributed by atoms with van der Waals surface area (Å²) in [5.74, 6) is 1.37. The summed E-state index contributed by atoms with van der Waals surface area (Å²) in [6, 6.07) is 0.624. The molecule has 2 heteroatoms. The summed E-state index contributed by atoms with van der Waals surface area (Å²) in [4.78, 5) is 7.14. The highest BCUT2D eigenvalue weighted by Crippen LogP contribution is 2.15. The van der Waals surface area contributed by atoms with E-state index in [0.717, 1.165) is 13.1 Å². The first-order chi connectivity index (χ1) is 9.75. The van der Waals surface area contributed by atoms with Crippen molar-refractivity contribution in [1.29, 1.82) is 0 Å². The second-order valence-electron chi connectivity index (χ2n) is 6.52. The number of amidine groups is 1. The Morgan fingerprint density at radius 2 is 1.45 bits per heavy atom. The van der Waals surface area contributed by atoms with Crippen LogP contribution in [0.5, 0.6) is 0 Å². The number of rotatable bonds is 12. The Kier molecular flexibility index (Phi) is 9.78. The normalized spacial score (nSPS) is 15.2. The molecule has 0 N–H and O–H groups in total. The third kappa shape index (κ3) is 7.31. The van der Waals surface area contributed by atoms with E-state index < -0.39 is 0 Å². The van der Waals surface area contributed by atoms with Gasteiger partial charge in [0.05, 0.1) is 12.4 Å². The Morgan fingerprint density at radius 1 is 0.900 bits per heavy atom. The summed E-state index contributed by atoms with van der Waals surface area (Å²) in [6.07, 6.45) is 15.4. The first-order valence-corrected chi connectivity index (χ1v) is 9.05. The summed E-state index contributed by atoms with van der Waals surface area (Å²) < 4.78 is 0. The molecule has 0 aromatic heterocycles. The van der Waals surface area contributed by atoms with Gasteiger partial charge in [-0.25, -0.2) is 0 Å². The van der Waals surface area contributed by atoms with E-state index in [1.54, 1.807) is 0 Å². The lowest BCUT2D eigenvalue weighted by molar-refractivity contribution is 0.372. The fraction of sp³-hybridized carbons (Fsp3) is 0.944. The lowest BCUT2D eigenvalue weighted by Crippen LogP contribution is -2.34. The lowest BCUT2D eigenvalue weighted by Gasteiger charge is -2.24. The van der Waals surface area contributed by atoms with Gasteiger partial charge < -0.3 is 4.90 Å². The van der Waals surface area contributed by atoms with Gasteiger partial charge in [-0.3, -0.25) is 4.99 Å². The van der Waals surface area contributed by atoms with Crippen molar-refractivity contribution in [3.8, 4) is 0 Å². The minimum atomic E-state index is 0.624. The summed E-state index contributed by atoms with van der Waals surface area (Å²) in [7, 11) is 0. The fourth-order valence-electron chi connectivity index (χ4n) is 3.06. The minimum Gasteiger partial charge on any atom is -0.356 e. The monoisotopic (exact) mass is 280 g/mol.